The topological polar surface area (TPSA) is 129 Å². The molecule has 0 spiro atoms. The summed E-state index contributed by atoms with van der Waals surface area (Å²) in [6.45, 7) is -0.481. The molecule has 10 nitrogen and oxygen atoms in total. The van der Waals surface area contributed by atoms with Gasteiger partial charge in [-0.05, 0) is 6.08 Å². The van der Waals surface area contributed by atoms with Crippen LogP contribution in [0.1, 0.15) is 6.23 Å². The predicted octanol–water partition coefficient (Wildman–Crippen LogP) is 0.0587. The van der Waals surface area contributed by atoms with E-state index < -0.39 is 37.8 Å². The van der Waals surface area contributed by atoms with Gasteiger partial charge in [0.2, 0.25) is 0 Å². The Bertz CT molecular complexity index is 690. The molecule has 0 saturated heterocycles. The van der Waals surface area contributed by atoms with Gasteiger partial charge in [0.25, 0.3) is 5.56 Å². The molecule has 0 bridgehead atoms. The first kappa shape index (κ1) is 20.5. The van der Waals surface area contributed by atoms with Crippen molar-refractivity contribution in [1.82, 2.24) is 9.55 Å². The van der Waals surface area contributed by atoms with E-state index in [9.17, 15) is 19.3 Å². The lowest BCUT2D eigenvalue weighted by Gasteiger charge is -2.23. The van der Waals surface area contributed by atoms with E-state index in [-0.39, 0.29) is 6.61 Å². The van der Waals surface area contributed by atoms with Gasteiger partial charge in [0, 0.05) is 39.4 Å². The molecule has 0 amide bonds. The molecule has 24 heavy (non-hydrogen) atoms. The van der Waals surface area contributed by atoms with E-state index in [2.05, 4.69) is 4.98 Å². The van der Waals surface area contributed by atoms with Crippen LogP contribution in [-0.4, -0.2) is 55.3 Å². The fourth-order valence-electron chi connectivity index (χ4n) is 1.73. The first-order valence-electron chi connectivity index (χ1n) is 6.86. The van der Waals surface area contributed by atoms with Crippen molar-refractivity contribution in [2.75, 3.05) is 34.5 Å². The summed E-state index contributed by atoms with van der Waals surface area (Å²) in [5, 5.41) is 9.41. The normalized spacial score (nSPS) is 14.8. The third-order valence-corrected chi connectivity index (χ3v) is 4.53. The van der Waals surface area contributed by atoms with E-state index >= 15 is 0 Å². The zero-order valence-corrected chi connectivity index (χ0v) is 14.5. The number of hydrogen-bond acceptors (Lipinski definition) is 8. The lowest BCUT2D eigenvalue weighted by atomic mass is 10.3. The van der Waals surface area contributed by atoms with Gasteiger partial charge in [-0.3, -0.25) is 18.9 Å². The minimum Gasteiger partial charge on any atom is -0.393 e. The Morgan fingerprint density at radius 2 is 2.00 bits per heavy atom. The van der Waals surface area contributed by atoms with Crippen molar-refractivity contribution in [3.8, 4) is 0 Å². The van der Waals surface area contributed by atoms with E-state index in [4.69, 9.17) is 18.5 Å². The third kappa shape index (κ3) is 5.82. The second-order valence-corrected chi connectivity index (χ2v) is 6.64. The number of H-pyrrole nitrogens is 1. The predicted molar refractivity (Wildman–Crippen MR) is 85.0 cm³/mol. The SMILES string of the molecule is COC[C@@H](O[C@H](/C=C/P(=O)(OC)OC)CO)n1ccc(=O)[nH]c1=O. The van der Waals surface area contributed by atoms with E-state index in [0.717, 1.165) is 16.5 Å². The Morgan fingerprint density at radius 1 is 1.33 bits per heavy atom. The molecular weight excluding hydrogens is 343 g/mol. The lowest BCUT2D eigenvalue weighted by molar-refractivity contribution is -0.0874. The van der Waals surface area contributed by atoms with Gasteiger partial charge in [-0.1, -0.05) is 0 Å². The van der Waals surface area contributed by atoms with Gasteiger partial charge in [-0.25, -0.2) is 4.79 Å². The molecule has 136 valence electrons. The molecule has 0 aromatic carbocycles. The van der Waals surface area contributed by atoms with Crippen LogP contribution in [-0.2, 0) is 23.1 Å². The maximum atomic E-state index is 12.0. The number of nitrogens with one attached hydrogen (secondary N) is 1. The number of nitrogens with zero attached hydrogens (tertiary/aromatic N) is 1. The van der Waals surface area contributed by atoms with E-state index in [0.29, 0.717) is 0 Å². The maximum Gasteiger partial charge on any atom is 0.353 e. The second kappa shape index (κ2) is 9.67. The molecule has 0 aliphatic rings. The van der Waals surface area contributed by atoms with Crippen molar-refractivity contribution in [1.29, 1.82) is 0 Å². The van der Waals surface area contributed by atoms with Gasteiger partial charge < -0.3 is 23.6 Å². The molecule has 1 aromatic heterocycles. The zero-order valence-electron chi connectivity index (χ0n) is 13.6. The molecule has 11 heteroatoms. The summed E-state index contributed by atoms with van der Waals surface area (Å²) >= 11 is 0. The number of aliphatic hydroxyl groups is 1. The van der Waals surface area contributed by atoms with Crippen LogP contribution in [0.2, 0.25) is 0 Å². The number of aromatic nitrogens is 2. The highest BCUT2D eigenvalue weighted by molar-refractivity contribution is 7.57. The smallest absolute Gasteiger partial charge is 0.353 e. The summed E-state index contributed by atoms with van der Waals surface area (Å²) in [4.78, 5) is 25.1. The van der Waals surface area contributed by atoms with Gasteiger partial charge in [0.05, 0.1) is 13.2 Å². The molecule has 0 aliphatic carbocycles. The van der Waals surface area contributed by atoms with Gasteiger partial charge >= 0.3 is 13.3 Å². The first-order valence-corrected chi connectivity index (χ1v) is 8.47. The van der Waals surface area contributed by atoms with Crippen molar-refractivity contribution >= 4 is 7.60 Å². The number of ether oxygens (including phenoxy) is 2. The molecule has 0 saturated carbocycles. The quantitative estimate of drug-likeness (QED) is 0.558. The maximum absolute atomic E-state index is 12.0. The highest BCUT2D eigenvalue weighted by atomic mass is 31.2. The van der Waals surface area contributed by atoms with Gasteiger partial charge in [-0.2, -0.15) is 0 Å². The van der Waals surface area contributed by atoms with Crippen LogP contribution in [0.5, 0.6) is 0 Å². The van der Waals surface area contributed by atoms with E-state index in [1.54, 1.807) is 0 Å². The van der Waals surface area contributed by atoms with Gasteiger partial charge in [0.1, 0.15) is 6.10 Å². The number of hydrogen-bond donors (Lipinski definition) is 2. The summed E-state index contributed by atoms with van der Waals surface area (Å²) in [5.74, 6) is 1.15. The van der Waals surface area contributed by atoms with E-state index in [1.807, 2.05) is 0 Å². The summed E-state index contributed by atoms with van der Waals surface area (Å²) in [5.41, 5.74) is -1.24. The van der Waals surface area contributed by atoms with Gasteiger partial charge in [0.15, 0.2) is 6.23 Å². The van der Waals surface area contributed by atoms with Crippen LogP contribution in [0, 0.1) is 0 Å². The average Bonchev–Trinajstić information content (AvgIpc) is 2.57. The molecule has 2 N–H and O–H groups in total. The fourth-order valence-corrected chi connectivity index (χ4v) is 2.53. The van der Waals surface area contributed by atoms with Crippen LogP contribution in [0.25, 0.3) is 0 Å². The van der Waals surface area contributed by atoms with Crippen LogP contribution in [0.4, 0.5) is 0 Å². The van der Waals surface area contributed by atoms with E-state index in [1.165, 1.54) is 33.6 Å². The highest BCUT2D eigenvalue weighted by Gasteiger charge is 2.20. The Morgan fingerprint density at radius 3 is 2.50 bits per heavy atom. The molecule has 1 rings (SSSR count). The lowest BCUT2D eigenvalue weighted by Crippen LogP contribution is -2.36. The summed E-state index contributed by atoms with van der Waals surface area (Å²) in [6.07, 6.45) is 0.707. The number of rotatable bonds is 10. The summed E-state index contributed by atoms with van der Waals surface area (Å²) in [6, 6.07) is 1.15. The van der Waals surface area contributed by atoms with Crippen molar-refractivity contribution < 1.29 is 28.2 Å². The molecular formula is C13H21N2O8P. The Hall–Kier alpha value is -1.55. The number of methoxy groups -OCH3 is 1. The number of aromatic amines is 1. The minimum atomic E-state index is -3.41. The molecule has 0 unspecified atom stereocenters. The molecule has 1 heterocycles. The highest BCUT2D eigenvalue weighted by Crippen LogP contribution is 2.48. The van der Waals surface area contributed by atoms with Crippen LogP contribution in [0.3, 0.4) is 0 Å². The summed E-state index contributed by atoms with van der Waals surface area (Å²) < 4.78 is 33.1. The molecule has 1 aromatic rings. The monoisotopic (exact) mass is 364 g/mol. The van der Waals surface area contributed by atoms with Gasteiger partial charge in [-0.15, -0.1) is 0 Å². The second-order valence-electron chi connectivity index (χ2n) is 4.53. The van der Waals surface area contributed by atoms with Crippen molar-refractivity contribution in [3.63, 3.8) is 0 Å². The standard InChI is InChI=1S/C13H21N2O8P/c1-20-9-12(15-6-4-11(17)14-13(15)18)23-10(8-16)5-7-24(19,21-2)22-3/h4-7,10,12,16H,8-9H2,1-3H3,(H,14,17,18)/b7-5+/t10-,12-/m1/s1. The Balaban J connectivity index is 3.00. The Labute approximate surface area is 138 Å². The molecule has 0 radical (unpaired) electrons. The average molecular weight is 364 g/mol. The molecule has 0 fully saturated rings. The fraction of sp³-hybridized carbons (Fsp3) is 0.538. The zero-order chi connectivity index (χ0) is 18.2. The first-order chi connectivity index (χ1) is 11.4. The minimum absolute atomic E-state index is 0.0253. The van der Waals surface area contributed by atoms with Crippen LogP contribution < -0.4 is 11.2 Å². The largest absolute Gasteiger partial charge is 0.393 e. The van der Waals surface area contributed by atoms with Crippen molar-refractivity contribution in [2.45, 2.75) is 12.3 Å². The van der Waals surface area contributed by atoms with Crippen LogP contribution in [0.15, 0.2) is 33.7 Å². The third-order valence-electron chi connectivity index (χ3n) is 2.97. The van der Waals surface area contributed by atoms with Crippen LogP contribution >= 0.6 is 7.60 Å². The van der Waals surface area contributed by atoms with Crippen molar-refractivity contribution in [2.24, 2.45) is 0 Å². The summed E-state index contributed by atoms with van der Waals surface area (Å²) in [7, 11) is 0.428. The van der Waals surface area contributed by atoms with Crippen molar-refractivity contribution in [3.05, 3.63) is 45.0 Å². The Kier molecular flexibility index (Phi) is 8.26. The molecule has 2 atom stereocenters. The molecule has 0 aliphatic heterocycles. The number of aliphatic hydroxyl groups excluding tert-OH is 1.